The zero-order valence-electron chi connectivity index (χ0n) is 13.0. The van der Waals surface area contributed by atoms with Crippen molar-refractivity contribution in [3.8, 4) is 0 Å². The molecule has 0 spiro atoms. The zero-order valence-corrected chi connectivity index (χ0v) is 13.0. The molecule has 1 rings (SSSR count). The van der Waals surface area contributed by atoms with Crippen molar-refractivity contribution >= 4 is 0 Å². The van der Waals surface area contributed by atoms with Crippen molar-refractivity contribution in [3.05, 3.63) is 0 Å². The van der Waals surface area contributed by atoms with E-state index in [4.69, 9.17) is 9.47 Å². The highest BCUT2D eigenvalue weighted by atomic mass is 16.5. The molecule has 0 aromatic heterocycles. The van der Waals surface area contributed by atoms with E-state index in [0.717, 1.165) is 44.8 Å². The molecule has 0 saturated carbocycles. The first-order chi connectivity index (χ1) is 9.29. The number of unbranched alkanes of at least 4 members (excludes halogenated alkanes) is 3. The smallest absolute Gasteiger partial charge is 0.0495 e. The van der Waals surface area contributed by atoms with Crippen LogP contribution in [0.3, 0.4) is 0 Å². The van der Waals surface area contributed by atoms with Gasteiger partial charge in [-0.3, -0.25) is 0 Å². The maximum atomic E-state index is 5.76. The summed E-state index contributed by atoms with van der Waals surface area (Å²) < 4.78 is 11.1. The maximum Gasteiger partial charge on any atom is 0.0495 e. The van der Waals surface area contributed by atoms with E-state index in [2.05, 4.69) is 19.2 Å². The maximum absolute atomic E-state index is 5.76. The summed E-state index contributed by atoms with van der Waals surface area (Å²) >= 11 is 0. The second-order valence-corrected chi connectivity index (χ2v) is 6.14. The highest BCUT2D eigenvalue weighted by Crippen LogP contribution is 2.14. The normalized spacial score (nSPS) is 17.2. The molecule has 0 radical (unpaired) electrons. The minimum atomic E-state index is 0.744. The molecule has 1 saturated heterocycles. The highest BCUT2D eigenvalue weighted by Gasteiger charge is 2.13. The van der Waals surface area contributed by atoms with Gasteiger partial charge in [-0.15, -0.1) is 0 Å². The van der Waals surface area contributed by atoms with Gasteiger partial charge in [0.2, 0.25) is 0 Å². The molecule has 0 amide bonds. The molecule has 0 aromatic carbocycles. The molecule has 0 atom stereocenters. The minimum absolute atomic E-state index is 0.744. The number of hydrogen-bond acceptors (Lipinski definition) is 3. The standard InChI is InChI=1S/C16H33NO2/c1-15(2)13-17-9-5-3-4-6-10-19-14-16-7-11-18-12-8-16/h15-17H,3-14H2,1-2H3. The summed E-state index contributed by atoms with van der Waals surface area (Å²) in [6.45, 7) is 10.6. The van der Waals surface area contributed by atoms with Gasteiger partial charge in [0.05, 0.1) is 0 Å². The fraction of sp³-hybridized carbons (Fsp3) is 1.00. The SMILES string of the molecule is CC(C)CNCCCCCCOCC1CCOCC1. The van der Waals surface area contributed by atoms with Gasteiger partial charge >= 0.3 is 0 Å². The summed E-state index contributed by atoms with van der Waals surface area (Å²) in [5.41, 5.74) is 0. The van der Waals surface area contributed by atoms with E-state index in [0.29, 0.717) is 0 Å². The van der Waals surface area contributed by atoms with Crippen LogP contribution in [0, 0.1) is 11.8 Å². The first-order valence-corrected chi connectivity index (χ1v) is 8.15. The van der Waals surface area contributed by atoms with E-state index in [-0.39, 0.29) is 0 Å². The van der Waals surface area contributed by atoms with E-state index >= 15 is 0 Å². The van der Waals surface area contributed by atoms with Gasteiger partial charge in [-0.2, -0.15) is 0 Å². The van der Waals surface area contributed by atoms with Crippen LogP contribution in [0.2, 0.25) is 0 Å². The van der Waals surface area contributed by atoms with Gasteiger partial charge in [-0.05, 0) is 50.6 Å². The third-order valence-electron chi connectivity index (χ3n) is 3.64. The lowest BCUT2D eigenvalue weighted by molar-refractivity contribution is 0.0198. The quantitative estimate of drug-likeness (QED) is 0.585. The number of hydrogen-bond donors (Lipinski definition) is 1. The average Bonchev–Trinajstić information content (AvgIpc) is 2.42. The van der Waals surface area contributed by atoms with Crippen LogP contribution in [-0.4, -0.2) is 39.5 Å². The Morgan fingerprint density at radius 3 is 2.58 bits per heavy atom. The van der Waals surface area contributed by atoms with E-state index < -0.39 is 0 Å². The first kappa shape index (κ1) is 16.9. The van der Waals surface area contributed by atoms with Crippen molar-refractivity contribution in [2.75, 3.05) is 39.5 Å². The molecular weight excluding hydrogens is 238 g/mol. The predicted octanol–water partition coefficient (Wildman–Crippen LogP) is 3.24. The molecule has 0 unspecified atom stereocenters. The summed E-state index contributed by atoms with van der Waals surface area (Å²) in [6.07, 6.45) is 7.51. The van der Waals surface area contributed by atoms with Gasteiger partial charge in [0.15, 0.2) is 0 Å². The predicted molar refractivity (Wildman–Crippen MR) is 80.5 cm³/mol. The van der Waals surface area contributed by atoms with Gasteiger partial charge in [0.1, 0.15) is 0 Å². The summed E-state index contributed by atoms with van der Waals surface area (Å²) in [4.78, 5) is 0. The highest BCUT2D eigenvalue weighted by molar-refractivity contribution is 4.62. The molecule has 3 heteroatoms. The van der Waals surface area contributed by atoms with Gasteiger partial charge in [-0.25, -0.2) is 0 Å². The second-order valence-electron chi connectivity index (χ2n) is 6.14. The monoisotopic (exact) mass is 271 g/mol. The largest absolute Gasteiger partial charge is 0.381 e. The van der Waals surface area contributed by atoms with Crippen LogP contribution < -0.4 is 5.32 Å². The summed E-state index contributed by atoms with van der Waals surface area (Å²) in [6, 6.07) is 0. The van der Waals surface area contributed by atoms with Crippen LogP contribution in [0.5, 0.6) is 0 Å². The fourth-order valence-electron chi connectivity index (χ4n) is 2.36. The third-order valence-corrected chi connectivity index (χ3v) is 3.64. The Kier molecular flexibility index (Phi) is 10.4. The van der Waals surface area contributed by atoms with E-state index in [1.54, 1.807) is 0 Å². The molecule has 3 nitrogen and oxygen atoms in total. The van der Waals surface area contributed by atoms with Crippen molar-refractivity contribution in [1.82, 2.24) is 5.32 Å². The lowest BCUT2D eigenvalue weighted by Crippen LogP contribution is -2.20. The molecule has 114 valence electrons. The van der Waals surface area contributed by atoms with Crippen LogP contribution in [0.1, 0.15) is 52.4 Å². The zero-order chi connectivity index (χ0) is 13.8. The average molecular weight is 271 g/mol. The van der Waals surface area contributed by atoms with E-state index in [1.165, 1.54) is 45.1 Å². The molecule has 1 aliphatic rings. The Morgan fingerprint density at radius 2 is 1.84 bits per heavy atom. The number of nitrogens with one attached hydrogen (secondary N) is 1. The number of ether oxygens (including phenoxy) is 2. The van der Waals surface area contributed by atoms with E-state index in [9.17, 15) is 0 Å². The van der Waals surface area contributed by atoms with Crippen molar-refractivity contribution in [2.45, 2.75) is 52.4 Å². The van der Waals surface area contributed by atoms with Crippen molar-refractivity contribution in [1.29, 1.82) is 0 Å². The van der Waals surface area contributed by atoms with Crippen LogP contribution in [0.15, 0.2) is 0 Å². The molecule has 0 bridgehead atoms. The molecular formula is C16H33NO2. The Morgan fingerprint density at radius 1 is 1.11 bits per heavy atom. The van der Waals surface area contributed by atoms with Crippen LogP contribution >= 0.6 is 0 Å². The first-order valence-electron chi connectivity index (χ1n) is 8.15. The molecule has 19 heavy (non-hydrogen) atoms. The minimum Gasteiger partial charge on any atom is -0.381 e. The van der Waals surface area contributed by atoms with Crippen molar-refractivity contribution in [2.24, 2.45) is 11.8 Å². The van der Waals surface area contributed by atoms with Gasteiger partial charge < -0.3 is 14.8 Å². The third kappa shape index (κ3) is 10.3. The Labute approximate surface area is 119 Å². The Balaban J connectivity index is 1.73. The van der Waals surface area contributed by atoms with Crippen molar-refractivity contribution in [3.63, 3.8) is 0 Å². The molecule has 1 aliphatic heterocycles. The lowest BCUT2D eigenvalue weighted by atomic mass is 10.0. The van der Waals surface area contributed by atoms with Gasteiger partial charge in [0.25, 0.3) is 0 Å². The summed E-state index contributed by atoms with van der Waals surface area (Å²) in [5, 5.41) is 3.49. The van der Waals surface area contributed by atoms with Crippen LogP contribution in [-0.2, 0) is 9.47 Å². The summed E-state index contributed by atoms with van der Waals surface area (Å²) in [7, 11) is 0. The van der Waals surface area contributed by atoms with Gasteiger partial charge in [0, 0.05) is 26.4 Å². The van der Waals surface area contributed by atoms with E-state index in [1.807, 2.05) is 0 Å². The topological polar surface area (TPSA) is 30.5 Å². The van der Waals surface area contributed by atoms with Gasteiger partial charge in [-0.1, -0.05) is 26.7 Å². The molecule has 0 aliphatic carbocycles. The lowest BCUT2D eigenvalue weighted by Gasteiger charge is -2.21. The Hall–Kier alpha value is -0.120. The van der Waals surface area contributed by atoms with Crippen LogP contribution in [0.25, 0.3) is 0 Å². The Bertz CT molecular complexity index is 191. The molecule has 1 heterocycles. The van der Waals surface area contributed by atoms with Crippen LogP contribution in [0.4, 0.5) is 0 Å². The molecule has 1 fully saturated rings. The van der Waals surface area contributed by atoms with Crippen molar-refractivity contribution < 1.29 is 9.47 Å². The fourth-order valence-corrected chi connectivity index (χ4v) is 2.36. The second kappa shape index (κ2) is 11.7. The molecule has 0 aromatic rings. The number of rotatable bonds is 11. The molecule has 1 N–H and O–H groups in total. The summed E-state index contributed by atoms with van der Waals surface area (Å²) in [5.74, 6) is 1.51.